The predicted octanol–water partition coefficient (Wildman–Crippen LogP) is 3.77. The quantitative estimate of drug-likeness (QED) is 0.659. The largest absolute Gasteiger partial charge is 0.384 e. The Kier molecular flexibility index (Phi) is 3.76. The topological polar surface area (TPSA) is 20.2 Å². The first-order valence-electron chi connectivity index (χ1n) is 5.59. The van der Waals surface area contributed by atoms with Gasteiger partial charge in [0.1, 0.15) is 17.7 Å². The van der Waals surface area contributed by atoms with Gasteiger partial charge in [0, 0.05) is 5.56 Å². The third kappa shape index (κ3) is 2.51. The molecule has 0 bridgehead atoms. The Morgan fingerprint density at radius 3 is 1.90 bits per heavy atom. The predicted molar refractivity (Wildman–Crippen MR) is 61.5 cm³/mol. The van der Waals surface area contributed by atoms with Crippen LogP contribution in [-0.2, 0) is 0 Å². The lowest BCUT2D eigenvalue weighted by molar-refractivity contribution is 0.212. The van der Waals surface area contributed by atoms with Crippen LogP contribution in [-0.4, -0.2) is 5.11 Å². The number of halogens is 5. The minimum atomic E-state index is -1.81. The van der Waals surface area contributed by atoms with Gasteiger partial charge >= 0.3 is 0 Å². The number of hydrogen-bond acceptors (Lipinski definition) is 1. The molecule has 0 heterocycles. The highest BCUT2D eigenvalue weighted by molar-refractivity contribution is 5.34. The highest BCUT2D eigenvalue weighted by Crippen LogP contribution is 2.28. The van der Waals surface area contributed by atoms with E-state index >= 15 is 0 Å². The van der Waals surface area contributed by atoms with Gasteiger partial charge in [-0.05, 0) is 42.3 Å². The number of aliphatic hydroxyl groups is 1. The van der Waals surface area contributed by atoms with E-state index in [2.05, 4.69) is 0 Å². The van der Waals surface area contributed by atoms with Crippen LogP contribution >= 0.6 is 0 Å². The second kappa shape index (κ2) is 5.20. The zero-order valence-corrected chi connectivity index (χ0v) is 10.2. The van der Waals surface area contributed by atoms with E-state index in [-0.39, 0.29) is 5.56 Å². The molecule has 2 aromatic rings. The third-order valence-electron chi connectivity index (χ3n) is 2.89. The summed E-state index contributed by atoms with van der Waals surface area (Å²) in [5, 5.41) is 9.87. The highest BCUT2D eigenvalue weighted by atomic mass is 19.2. The van der Waals surface area contributed by atoms with E-state index in [0.717, 1.165) is 12.1 Å². The lowest BCUT2D eigenvalue weighted by Gasteiger charge is -2.14. The zero-order chi connectivity index (χ0) is 15.0. The summed E-state index contributed by atoms with van der Waals surface area (Å²) in [6.45, 7) is 1.33. The van der Waals surface area contributed by atoms with Crippen LogP contribution in [0.15, 0.2) is 24.3 Å². The van der Waals surface area contributed by atoms with Gasteiger partial charge in [0.15, 0.2) is 17.5 Å². The van der Waals surface area contributed by atoms with E-state index < -0.39 is 46.3 Å². The molecule has 1 atom stereocenters. The first-order chi connectivity index (χ1) is 9.31. The summed E-state index contributed by atoms with van der Waals surface area (Å²) in [6.07, 6.45) is -1.81. The number of rotatable bonds is 2. The monoisotopic (exact) mass is 288 g/mol. The third-order valence-corrected chi connectivity index (χ3v) is 2.89. The van der Waals surface area contributed by atoms with Crippen molar-refractivity contribution in [1.82, 2.24) is 0 Å². The fourth-order valence-electron chi connectivity index (χ4n) is 1.78. The highest BCUT2D eigenvalue weighted by Gasteiger charge is 2.20. The van der Waals surface area contributed by atoms with E-state index in [9.17, 15) is 27.1 Å². The maximum Gasteiger partial charge on any atom is 0.194 e. The van der Waals surface area contributed by atoms with Gasteiger partial charge in [-0.25, -0.2) is 22.0 Å². The number of benzene rings is 2. The van der Waals surface area contributed by atoms with Gasteiger partial charge in [-0.2, -0.15) is 0 Å². The van der Waals surface area contributed by atoms with Crippen molar-refractivity contribution in [2.24, 2.45) is 0 Å². The number of aryl methyl sites for hydroxylation is 1. The summed E-state index contributed by atoms with van der Waals surface area (Å²) in [5.74, 6) is -6.44. The van der Waals surface area contributed by atoms with Gasteiger partial charge in [0.05, 0.1) is 0 Å². The normalized spacial score (nSPS) is 12.6. The van der Waals surface area contributed by atoms with Gasteiger partial charge in [-0.3, -0.25) is 0 Å². The molecule has 0 aliphatic heterocycles. The molecule has 0 aliphatic rings. The fraction of sp³-hybridized carbons (Fsp3) is 0.143. The molecule has 0 spiro atoms. The maximum atomic E-state index is 13.7. The van der Waals surface area contributed by atoms with Crippen molar-refractivity contribution in [3.8, 4) is 0 Å². The lowest BCUT2D eigenvalue weighted by Crippen LogP contribution is -2.06. The van der Waals surface area contributed by atoms with Crippen LogP contribution in [0.4, 0.5) is 22.0 Å². The average molecular weight is 288 g/mol. The Morgan fingerprint density at radius 1 is 0.800 bits per heavy atom. The molecule has 0 aromatic heterocycles. The van der Waals surface area contributed by atoms with Crippen LogP contribution < -0.4 is 0 Å². The van der Waals surface area contributed by atoms with Gasteiger partial charge in [-0.1, -0.05) is 0 Å². The molecule has 6 heteroatoms. The molecule has 0 aliphatic carbocycles. The van der Waals surface area contributed by atoms with Gasteiger partial charge in [0.2, 0.25) is 0 Å². The molecule has 1 unspecified atom stereocenters. The van der Waals surface area contributed by atoms with Crippen LogP contribution in [0.25, 0.3) is 0 Å². The molecule has 2 rings (SSSR count). The molecule has 2 aromatic carbocycles. The van der Waals surface area contributed by atoms with Crippen molar-refractivity contribution >= 4 is 0 Å². The van der Waals surface area contributed by atoms with Crippen LogP contribution in [0.5, 0.6) is 0 Å². The summed E-state index contributed by atoms with van der Waals surface area (Å²) in [7, 11) is 0. The van der Waals surface area contributed by atoms with E-state index in [1.54, 1.807) is 0 Å². The van der Waals surface area contributed by atoms with E-state index in [0.29, 0.717) is 12.1 Å². The molecule has 20 heavy (non-hydrogen) atoms. The first kappa shape index (κ1) is 14.5. The lowest BCUT2D eigenvalue weighted by atomic mass is 9.99. The fourth-order valence-corrected chi connectivity index (χ4v) is 1.78. The Labute approximate surface area is 111 Å². The molecule has 1 N–H and O–H groups in total. The summed E-state index contributed by atoms with van der Waals surface area (Å²) >= 11 is 0. The van der Waals surface area contributed by atoms with Crippen molar-refractivity contribution in [2.45, 2.75) is 13.0 Å². The van der Waals surface area contributed by atoms with Crippen molar-refractivity contribution in [1.29, 1.82) is 0 Å². The van der Waals surface area contributed by atoms with Crippen molar-refractivity contribution in [3.05, 3.63) is 70.0 Å². The Balaban J connectivity index is 2.51. The molecule has 0 saturated carbocycles. The van der Waals surface area contributed by atoms with E-state index in [1.165, 1.54) is 6.92 Å². The Hall–Kier alpha value is -1.95. The molecule has 1 nitrogen and oxygen atoms in total. The standard InChI is InChI=1S/C14H9F5O/c1-6-2-10(16)8(5-9(6)15)14(20)7-3-11(17)13(19)12(18)4-7/h2-5,14,20H,1H3. The van der Waals surface area contributed by atoms with Crippen molar-refractivity contribution in [2.75, 3.05) is 0 Å². The van der Waals surface area contributed by atoms with Gasteiger partial charge < -0.3 is 5.11 Å². The summed E-state index contributed by atoms with van der Waals surface area (Å²) in [6, 6.07) is 2.64. The summed E-state index contributed by atoms with van der Waals surface area (Å²) in [5.41, 5.74) is -0.878. The van der Waals surface area contributed by atoms with Crippen LogP contribution in [0.3, 0.4) is 0 Å². The molecule has 0 saturated heterocycles. The number of aliphatic hydroxyl groups excluding tert-OH is 1. The smallest absolute Gasteiger partial charge is 0.194 e. The van der Waals surface area contributed by atoms with Gasteiger partial charge in [0.25, 0.3) is 0 Å². The van der Waals surface area contributed by atoms with E-state index in [1.807, 2.05) is 0 Å². The first-order valence-corrected chi connectivity index (χ1v) is 5.59. The molecule has 106 valence electrons. The minimum Gasteiger partial charge on any atom is -0.384 e. The Morgan fingerprint density at radius 2 is 1.35 bits per heavy atom. The molecular weight excluding hydrogens is 279 g/mol. The molecule has 0 amide bonds. The second-order valence-electron chi connectivity index (χ2n) is 4.32. The zero-order valence-electron chi connectivity index (χ0n) is 10.2. The van der Waals surface area contributed by atoms with Crippen LogP contribution in [0, 0.1) is 36.0 Å². The Bertz CT molecular complexity index is 646. The van der Waals surface area contributed by atoms with E-state index in [4.69, 9.17) is 0 Å². The van der Waals surface area contributed by atoms with Crippen molar-refractivity contribution in [3.63, 3.8) is 0 Å². The second-order valence-corrected chi connectivity index (χ2v) is 4.32. The molecule has 0 fully saturated rings. The summed E-state index contributed by atoms with van der Waals surface area (Å²) in [4.78, 5) is 0. The maximum absolute atomic E-state index is 13.7. The molecular formula is C14H9F5O. The minimum absolute atomic E-state index is 0.0231. The average Bonchev–Trinajstić information content (AvgIpc) is 2.38. The van der Waals surface area contributed by atoms with Crippen molar-refractivity contribution < 1.29 is 27.1 Å². The van der Waals surface area contributed by atoms with Crippen LogP contribution in [0.1, 0.15) is 22.8 Å². The van der Waals surface area contributed by atoms with Gasteiger partial charge in [-0.15, -0.1) is 0 Å². The summed E-state index contributed by atoms with van der Waals surface area (Å²) < 4.78 is 66.0. The van der Waals surface area contributed by atoms with Crippen LogP contribution in [0.2, 0.25) is 0 Å². The number of hydrogen-bond donors (Lipinski definition) is 1. The SMILES string of the molecule is Cc1cc(F)c(C(O)c2cc(F)c(F)c(F)c2)cc1F. The molecule has 0 radical (unpaired) electrons.